The van der Waals surface area contributed by atoms with Crippen molar-refractivity contribution in [2.24, 2.45) is 0 Å². The Morgan fingerprint density at radius 2 is 1.94 bits per heavy atom. The van der Waals surface area contributed by atoms with E-state index < -0.39 is 9.84 Å². The van der Waals surface area contributed by atoms with E-state index in [1.165, 1.54) is 12.7 Å². The molecule has 5 heteroatoms. The lowest BCUT2D eigenvalue weighted by Gasteiger charge is -2.23. The summed E-state index contributed by atoms with van der Waals surface area (Å²) in [5.74, 6) is 0. The molecule has 1 fully saturated rings. The van der Waals surface area contributed by atoms with Crippen LogP contribution >= 0.6 is 0 Å². The van der Waals surface area contributed by atoms with Crippen LogP contribution in [0, 0.1) is 0 Å². The molecule has 108 valence electrons. The van der Waals surface area contributed by atoms with Gasteiger partial charge in [0, 0.05) is 25.4 Å². The van der Waals surface area contributed by atoms with Crippen LogP contribution in [-0.2, 0) is 9.84 Å². The van der Waals surface area contributed by atoms with E-state index in [9.17, 15) is 8.42 Å². The van der Waals surface area contributed by atoms with Gasteiger partial charge < -0.3 is 10.2 Å². The van der Waals surface area contributed by atoms with Crippen molar-refractivity contribution in [1.82, 2.24) is 10.2 Å². The molecule has 0 saturated heterocycles. The van der Waals surface area contributed by atoms with E-state index in [4.69, 9.17) is 0 Å². The van der Waals surface area contributed by atoms with Crippen LogP contribution in [0.2, 0.25) is 0 Å². The molecule has 1 aliphatic rings. The number of nitrogens with zero attached hydrogens (tertiary/aromatic N) is 1. The standard InChI is InChI=1S/C13H28N2O2S/c1-4-10-15(5-2)11-9-14-12-7-6-8-13(12)18(3,16)17/h12-14H,4-11H2,1-3H3. The van der Waals surface area contributed by atoms with Gasteiger partial charge in [-0.1, -0.05) is 20.3 Å². The van der Waals surface area contributed by atoms with Crippen LogP contribution in [0.15, 0.2) is 0 Å². The normalized spacial score (nSPS) is 24.9. The third kappa shape index (κ3) is 4.86. The van der Waals surface area contributed by atoms with E-state index in [0.29, 0.717) is 0 Å². The lowest BCUT2D eigenvalue weighted by atomic mass is 10.2. The lowest BCUT2D eigenvalue weighted by molar-refractivity contribution is 0.282. The summed E-state index contributed by atoms with van der Waals surface area (Å²) in [6.45, 7) is 8.45. The van der Waals surface area contributed by atoms with Crippen molar-refractivity contribution in [3.05, 3.63) is 0 Å². The quantitative estimate of drug-likeness (QED) is 0.725. The highest BCUT2D eigenvalue weighted by atomic mass is 32.2. The third-order valence-corrected chi connectivity index (χ3v) is 5.49. The van der Waals surface area contributed by atoms with Crippen LogP contribution in [-0.4, -0.2) is 57.0 Å². The summed E-state index contributed by atoms with van der Waals surface area (Å²) in [4.78, 5) is 2.40. The second-order valence-electron chi connectivity index (χ2n) is 5.29. The van der Waals surface area contributed by atoms with Crippen LogP contribution in [0.5, 0.6) is 0 Å². The fraction of sp³-hybridized carbons (Fsp3) is 1.00. The molecule has 2 unspecified atom stereocenters. The zero-order valence-electron chi connectivity index (χ0n) is 12.0. The molecule has 0 aromatic carbocycles. The Labute approximate surface area is 112 Å². The van der Waals surface area contributed by atoms with Gasteiger partial charge in [0.2, 0.25) is 0 Å². The van der Waals surface area contributed by atoms with Gasteiger partial charge in [0.15, 0.2) is 9.84 Å². The fourth-order valence-electron chi connectivity index (χ4n) is 2.82. The fourth-order valence-corrected chi connectivity index (χ4v) is 4.25. The molecular formula is C13H28N2O2S. The topological polar surface area (TPSA) is 49.4 Å². The summed E-state index contributed by atoms with van der Waals surface area (Å²) in [7, 11) is -2.89. The second-order valence-corrected chi connectivity index (χ2v) is 7.56. The average molecular weight is 276 g/mol. The minimum absolute atomic E-state index is 0.167. The number of likely N-dealkylation sites (N-methyl/N-ethyl adjacent to an activating group) is 1. The number of hydrogen-bond donors (Lipinski definition) is 1. The highest BCUT2D eigenvalue weighted by molar-refractivity contribution is 7.91. The van der Waals surface area contributed by atoms with Gasteiger partial charge in [-0.15, -0.1) is 0 Å². The highest BCUT2D eigenvalue weighted by Crippen LogP contribution is 2.24. The first-order valence-electron chi connectivity index (χ1n) is 7.13. The first kappa shape index (κ1) is 15.9. The third-order valence-electron chi connectivity index (χ3n) is 3.82. The summed E-state index contributed by atoms with van der Waals surface area (Å²) >= 11 is 0. The van der Waals surface area contributed by atoms with Gasteiger partial charge in [-0.25, -0.2) is 8.42 Å². The van der Waals surface area contributed by atoms with Gasteiger partial charge in [0.05, 0.1) is 5.25 Å². The summed E-state index contributed by atoms with van der Waals surface area (Å²) < 4.78 is 23.3. The molecule has 1 N–H and O–H groups in total. The van der Waals surface area contributed by atoms with Crippen molar-refractivity contribution in [3.63, 3.8) is 0 Å². The number of hydrogen-bond acceptors (Lipinski definition) is 4. The minimum Gasteiger partial charge on any atom is -0.311 e. The van der Waals surface area contributed by atoms with E-state index in [0.717, 1.165) is 45.4 Å². The minimum atomic E-state index is -2.89. The van der Waals surface area contributed by atoms with E-state index >= 15 is 0 Å². The van der Waals surface area contributed by atoms with Gasteiger partial charge in [-0.3, -0.25) is 0 Å². The van der Waals surface area contributed by atoms with Crippen molar-refractivity contribution in [2.45, 2.75) is 50.8 Å². The summed E-state index contributed by atoms with van der Waals surface area (Å²) in [5.41, 5.74) is 0. The van der Waals surface area contributed by atoms with E-state index in [1.807, 2.05) is 0 Å². The number of sulfone groups is 1. The molecule has 0 spiro atoms. The van der Waals surface area contributed by atoms with Crippen LogP contribution in [0.1, 0.15) is 39.5 Å². The van der Waals surface area contributed by atoms with Crippen molar-refractivity contribution < 1.29 is 8.42 Å². The molecule has 18 heavy (non-hydrogen) atoms. The second kappa shape index (κ2) is 7.46. The van der Waals surface area contributed by atoms with Crippen molar-refractivity contribution in [3.8, 4) is 0 Å². The Morgan fingerprint density at radius 1 is 1.22 bits per heavy atom. The molecule has 0 bridgehead atoms. The van der Waals surface area contributed by atoms with Crippen LogP contribution in [0.25, 0.3) is 0 Å². The molecule has 1 saturated carbocycles. The van der Waals surface area contributed by atoms with Crippen molar-refractivity contribution >= 4 is 9.84 Å². The predicted octanol–water partition coefficient (Wildman–Crippen LogP) is 1.27. The van der Waals surface area contributed by atoms with E-state index in [1.54, 1.807) is 0 Å². The maximum atomic E-state index is 11.6. The Bertz CT molecular complexity index is 330. The van der Waals surface area contributed by atoms with Gasteiger partial charge in [0.25, 0.3) is 0 Å². The van der Waals surface area contributed by atoms with Crippen LogP contribution in [0.3, 0.4) is 0 Å². The Morgan fingerprint density at radius 3 is 2.50 bits per heavy atom. The van der Waals surface area contributed by atoms with Gasteiger partial charge in [0.1, 0.15) is 0 Å². The molecule has 2 atom stereocenters. The Hall–Kier alpha value is -0.130. The molecule has 0 amide bonds. The van der Waals surface area contributed by atoms with E-state index in [2.05, 4.69) is 24.1 Å². The monoisotopic (exact) mass is 276 g/mol. The van der Waals surface area contributed by atoms with Gasteiger partial charge >= 0.3 is 0 Å². The average Bonchev–Trinajstić information content (AvgIpc) is 2.76. The summed E-state index contributed by atoms with van der Waals surface area (Å²) in [6, 6.07) is 0.167. The van der Waals surface area contributed by atoms with Crippen molar-refractivity contribution in [1.29, 1.82) is 0 Å². The first-order valence-corrected chi connectivity index (χ1v) is 9.09. The predicted molar refractivity (Wildman–Crippen MR) is 76.7 cm³/mol. The molecule has 0 aliphatic heterocycles. The molecule has 1 aliphatic carbocycles. The van der Waals surface area contributed by atoms with Gasteiger partial charge in [-0.2, -0.15) is 0 Å². The smallest absolute Gasteiger partial charge is 0.151 e. The SMILES string of the molecule is CCCN(CC)CCNC1CCCC1S(C)(=O)=O. The lowest BCUT2D eigenvalue weighted by Crippen LogP contribution is -2.43. The maximum Gasteiger partial charge on any atom is 0.151 e. The zero-order valence-corrected chi connectivity index (χ0v) is 12.8. The highest BCUT2D eigenvalue weighted by Gasteiger charge is 2.34. The molecule has 4 nitrogen and oxygen atoms in total. The molecule has 0 aromatic rings. The molecule has 0 aromatic heterocycles. The Balaban J connectivity index is 2.34. The zero-order chi connectivity index (χ0) is 13.6. The van der Waals surface area contributed by atoms with Crippen molar-refractivity contribution in [2.75, 3.05) is 32.4 Å². The van der Waals surface area contributed by atoms with Crippen LogP contribution < -0.4 is 5.32 Å². The van der Waals surface area contributed by atoms with Gasteiger partial charge in [-0.05, 0) is 32.4 Å². The maximum absolute atomic E-state index is 11.6. The van der Waals surface area contributed by atoms with E-state index in [-0.39, 0.29) is 11.3 Å². The number of nitrogens with one attached hydrogen (secondary N) is 1. The number of rotatable bonds is 8. The molecular weight excluding hydrogens is 248 g/mol. The van der Waals surface area contributed by atoms with Crippen LogP contribution in [0.4, 0.5) is 0 Å². The summed E-state index contributed by atoms with van der Waals surface area (Å²) in [6.07, 6.45) is 5.39. The molecule has 1 rings (SSSR count). The Kier molecular flexibility index (Phi) is 6.60. The molecule has 0 radical (unpaired) electrons. The molecule has 0 heterocycles. The summed E-state index contributed by atoms with van der Waals surface area (Å²) in [5, 5.41) is 3.27. The largest absolute Gasteiger partial charge is 0.311 e. The first-order chi connectivity index (χ1) is 8.49.